The van der Waals surface area contributed by atoms with E-state index in [1.165, 1.54) is 0 Å². The molecule has 2 rings (SSSR count). The van der Waals surface area contributed by atoms with Crippen LogP contribution >= 0.6 is 0 Å². The molecule has 17 heavy (non-hydrogen) atoms. The van der Waals surface area contributed by atoms with Crippen molar-refractivity contribution < 1.29 is 18.9 Å². The number of benzene rings is 1. The predicted octanol–water partition coefficient (Wildman–Crippen LogP) is 2.18. The first-order valence-corrected chi connectivity index (χ1v) is 5.69. The zero-order chi connectivity index (χ0) is 12.3. The fraction of sp³-hybridized carbons (Fsp3) is 0.538. The summed E-state index contributed by atoms with van der Waals surface area (Å²) in [5, 5.41) is 0. The number of hydrogen-bond acceptors (Lipinski definition) is 4. The fourth-order valence-electron chi connectivity index (χ4n) is 1.62. The van der Waals surface area contributed by atoms with Gasteiger partial charge in [-0.05, 0) is 24.6 Å². The molecular formula is C13H18O4. The molecule has 0 N–H and O–H groups in total. The Morgan fingerprint density at radius 1 is 1.29 bits per heavy atom. The molecule has 1 fully saturated rings. The van der Waals surface area contributed by atoms with Gasteiger partial charge in [-0.2, -0.15) is 0 Å². The van der Waals surface area contributed by atoms with E-state index >= 15 is 0 Å². The van der Waals surface area contributed by atoms with Crippen molar-refractivity contribution in [3.63, 3.8) is 0 Å². The minimum absolute atomic E-state index is 0.0269. The molecule has 1 heterocycles. The van der Waals surface area contributed by atoms with E-state index in [1.807, 2.05) is 25.1 Å². The van der Waals surface area contributed by atoms with Crippen LogP contribution in [0.25, 0.3) is 0 Å². The second-order valence-corrected chi connectivity index (χ2v) is 4.05. The van der Waals surface area contributed by atoms with Crippen LogP contribution in [0.5, 0.6) is 11.5 Å². The van der Waals surface area contributed by atoms with Gasteiger partial charge < -0.3 is 18.9 Å². The van der Waals surface area contributed by atoms with E-state index in [1.54, 1.807) is 14.2 Å². The molecule has 1 aromatic rings. The minimum atomic E-state index is 0.0269. The molecule has 0 aliphatic carbocycles. The molecule has 0 radical (unpaired) electrons. The first-order chi connectivity index (χ1) is 8.24. The number of ether oxygens (including phenoxy) is 4. The molecular weight excluding hydrogens is 220 g/mol. The van der Waals surface area contributed by atoms with Gasteiger partial charge >= 0.3 is 0 Å². The topological polar surface area (TPSA) is 40.2 Å². The summed E-state index contributed by atoms with van der Waals surface area (Å²) in [5.74, 6) is 1.46. The van der Waals surface area contributed by atoms with Gasteiger partial charge in [0.15, 0.2) is 11.5 Å². The van der Waals surface area contributed by atoms with Crippen molar-refractivity contribution in [2.45, 2.75) is 19.1 Å². The van der Waals surface area contributed by atoms with Crippen LogP contribution in [0.3, 0.4) is 0 Å². The average Bonchev–Trinajstić information content (AvgIpc) is 3.19. The highest BCUT2D eigenvalue weighted by molar-refractivity contribution is 5.43. The van der Waals surface area contributed by atoms with Gasteiger partial charge in [0.05, 0.1) is 33.5 Å². The van der Waals surface area contributed by atoms with Gasteiger partial charge in [0.2, 0.25) is 0 Å². The lowest BCUT2D eigenvalue weighted by Crippen LogP contribution is -2.06. The normalized spacial score (nSPS) is 19.8. The quantitative estimate of drug-likeness (QED) is 0.712. The SMILES string of the molecule is COc1ccc([C@@H](C)OC[C@@H]2CO2)cc1OC. The zero-order valence-electron chi connectivity index (χ0n) is 10.4. The van der Waals surface area contributed by atoms with Crippen molar-refractivity contribution in [2.75, 3.05) is 27.4 Å². The third-order valence-corrected chi connectivity index (χ3v) is 2.81. The van der Waals surface area contributed by atoms with Gasteiger partial charge in [0.25, 0.3) is 0 Å². The molecule has 0 amide bonds. The van der Waals surface area contributed by atoms with E-state index in [9.17, 15) is 0 Å². The maximum absolute atomic E-state index is 5.70. The molecule has 1 aliphatic heterocycles. The molecule has 0 aromatic heterocycles. The monoisotopic (exact) mass is 238 g/mol. The van der Waals surface area contributed by atoms with Crippen molar-refractivity contribution in [1.82, 2.24) is 0 Å². The second-order valence-electron chi connectivity index (χ2n) is 4.05. The van der Waals surface area contributed by atoms with Gasteiger partial charge in [0.1, 0.15) is 6.10 Å². The van der Waals surface area contributed by atoms with Crippen LogP contribution in [0.2, 0.25) is 0 Å². The first-order valence-electron chi connectivity index (χ1n) is 5.69. The Labute approximate surface area is 101 Å². The van der Waals surface area contributed by atoms with E-state index in [-0.39, 0.29) is 12.2 Å². The van der Waals surface area contributed by atoms with E-state index in [0.717, 1.165) is 23.7 Å². The second kappa shape index (κ2) is 5.38. The maximum Gasteiger partial charge on any atom is 0.161 e. The van der Waals surface area contributed by atoms with Crippen LogP contribution < -0.4 is 9.47 Å². The molecule has 1 aliphatic rings. The van der Waals surface area contributed by atoms with Crippen LogP contribution in [0.1, 0.15) is 18.6 Å². The molecule has 94 valence electrons. The smallest absolute Gasteiger partial charge is 0.161 e. The Kier molecular flexibility index (Phi) is 3.86. The van der Waals surface area contributed by atoms with Crippen molar-refractivity contribution >= 4 is 0 Å². The Morgan fingerprint density at radius 2 is 2.00 bits per heavy atom. The Bertz CT molecular complexity index is 374. The van der Waals surface area contributed by atoms with Crippen LogP contribution in [0, 0.1) is 0 Å². The van der Waals surface area contributed by atoms with Crippen molar-refractivity contribution in [1.29, 1.82) is 0 Å². The van der Waals surface area contributed by atoms with Crippen LogP contribution in [0.4, 0.5) is 0 Å². The largest absolute Gasteiger partial charge is 0.493 e. The van der Waals surface area contributed by atoms with Gasteiger partial charge in [-0.25, -0.2) is 0 Å². The molecule has 0 spiro atoms. The molecule has 0 saturated carbocycles. The molecule has 1 aromatic carbocycles. The standard InChI is InChI=1S/C13H18O4/c1-9(16-7-11-8-17-11)10-4-5-12(14-2)13(6-10)15-3/h4-6,9,11H,7-8H2,1-3H3/t9-,11-/m1/s1. The molecule has 4 nitrogen and oxygen atoms in total. The third kappa shape index (κ3) is 3.11. The molecule has 2 atom stereocenters. The van der Waals surface area contributed by atoms with Crippen molar-refractivity contribution in [3.05, 3.63) is 23.8 Å². The minimum Gasteiger partial charge on any atom is -0.493 e. The van der Waals surface area contributed by atoms with Gasteiger partial charge in [-0.3, -0.25) is 0 Å². The highest BCUT2D eigenvalue weighted by Crippen LogP contribution is 2.31. The lowest BCUT2D eigenvalue weighted by molar-refractivity contribution is 0.0538. The van der Waals surface area contributed by atoms with Crippen molar-refractivity contribution in [3.8, 4) is 11.5 Å². The lowest BCUT2D eigenvalue weighted by Gasteiger charge is -2.15. The first kappa shape index (κ1) is 12.2. The highest BCUT2D eigenvalue weighted by atomic mass is 16.6. The maximum atomic E-state index is 5.70. The Morgan fingerprint density at radius 3 is 2.59 bits per heavy atom. The number of rotatable bonds is 6. The molecule has 1 saturated heterocycles. The summed E-state index contributed by atoms with van der Waals surface area (Å²) >= 11 is 0. The highest BCUT2D eigenvalue weighted by Gasteiger charge is 2.23. The van der Waals surface area contributed by atoms with Gasteiger partial charge in [0, 0.05) is 0 Å². The van der Waals surface area contributed by atoms with Crippen LogP contribution in [0.15, 0.2) is 18.2 Å². The summed E-state index contributed by atoms with van der Waals surface area (Å²) in [6, 6.07) is 5.82. The Hall–Kier alpha value is -1.26. The number of methoxy groups -OCH3 is 2. The van der Waals surface area contributed by atoms with Crippen molar-refractivity contribution in [2.24, 2.45) is 0 Å². The predicted molar refractivity (Wildman–Crippen MR) is 63.7 cm³/mol. The molecule has 0 unspecified atom stereocenters. The van der Waals surface area contributed by atoms with E-state index in [0.29, 0.717) is 6.61 Å². The molecule has 0 bridgehead atoms. The van der Waals surface area contributed by atoms with Crippen LogP contribution in [-0.2, 0) is 9.47 Å². The summed E-state index contributed by atoms with van der Waals surface area (Å²) < 4.78 is 21.3. The lowest BCUT2D eigenvalue weighted by atomic mass is 10.1. The van der Waals surface area contributed by atoms with E-state index in [2.05, 4.69) is 0 Å². The summed E-state index contributed by atoms with van der Waals surface area (Å²) in [4.78, 5) is 0. The summed E-state index contributed by atoms with van der Waals surface area (Å²) in [5.41, 5.74) is 1.07. The van der Waals surface area contributed by atoms with Gasteiger partial charge in [-0.15, -0.1) is 0 Å². The third-order valence-electron chi connectivity index (χ3n) is 2.81. The van der Waals surface area contributed by atoms with Gasteiger partial charge in [-0.1, -0.05) is 6.07 Å². The summed E-state index contributed by atoms with van der Waals surface area (Å²) in [6.07, 6.45) is 0.316. The van der Waals surface area contributed by atoms with E-state index in [4.69, 9.17) is 18.9 Å². The zero-order valence-corrected chi connectivity index (χ0v) is 10.4. The average molecular weight is 238 g/mol. The number of epoxide rings is 1. The van der Waals surface area contributed by atoms with E-state index < -0.39 is 0 Å². The molecule has 4 heteroatoms. The Balaban J connectivity index is 2.02. The summed E-state index contributed by atoms with van der Waals surface area (Å²) in [7, 11) is 3.26. The number of hydrogen-bond donors (Lipinski definition) is 0. The fourth-order valence-corrected chi connectivity index (χ4v) is 1.62. The summed E-state index contributed by atoms with van der Waals surface area (Å²) in [6.45, 7) is 3.48. The van der Waals surface area contributed by atoms with Crippen LogP contribution in [-0.4, -0.2) is 33.5 Å².